The quantitative estimate of drug-likeness (QED) is 0.514. The van der Waals surface area contributed by atoms with Crippen molar-refractivity contribution in [3.63, 3.8) is 0 Å². The zero-order valence-electron chi connectivity index (χ0n) is 6.13. The lowest BCUT2D eigenvalue weighted by Gasteiger charge is -1.89. The van der Waals surface area contributed by atoms with Crippen LogP contribution in [0.15, 0.2) is 12.8 Å². The van der Waals surface area contributed by atoms with Crippen molar-refractivity contribution >= 4 is 6.09 Å². The SMILES string of the molecule is C=CNCCC.NC(=O)O. The second kappa shape index (κ2) is 10.7. The molecule has 0 radical (unpaired) electrons. The summed E-state index contributed by atoms with van der Waals surface area (Å²) in [4.78, 5) is 8.78. The maximum atomic E-state index is 8.78. The fraction of sp³-hybridized carbons (Fsp3) is 0.500. The number of nitrogens with two attached hydrogens (primary N) is 1. The first kappa shape index (κ1) is 11.6. The first-order valence-electron chi connectivity index (χ1n) is 2.97. The molecular weight excluding hydrogens is 132 g/mol. The van der Waals surface area contributed by atoms with Crippen LogP contribution in [0.2, 0.25) is 0 Å². The smallest absolute Gasteiger partial charge is 0.402 e. The van der Waals surface area contributed by atoms with Crippen LogP contribution in [0.4, 0.5) is 4.79 Å². The molecule has 0 rings (SSSR count). The van der Waals surface area contributed by atoms with Crippen LogP contribution in [0, 0.1) is 0 Å². The van der Waals surface area contributed by atoms with Gasteiger partial charge in [0.05, 0.1) is 0 Å². The van der Waals surface area contributed by atoms with Gasteiger partial charge in [0.1, 0.15) is 0 Å². The number of carbonyl (C=O) groups is 1. The zero-order chi connectivity index (χ0) is 8.41. The molecule has 0 aromatic heterocycles. The molecule has 0 bridgehead atoms. The molecular formula is C6H14N2O2. The van der Waals surface area contributed by atoms with Gasteiger partial charge >= 0.3 is 6.09 Å². The third-order valence-corrected chi connectivity index (χ3v) is 0.539. The first-order chi connectivity index (χ1) is 4.65. The Bertz CT molecular complexity index is 89.7. The van der Waals surface area contributed by atoms with Gasteiger partial charge in [-0.3, -0.25) is 0 Å². The third-order valence-electron chi connectivity index (χ3n) is 0.539. The number of amides is 1. The maximum absolute atomic E-state index is 8.78. The van der Waals surface area contributed by atoms with Gasteiger partial charge in [-0.15, -0.1) is 0 Å². The lowest BCUT2D eigenvalue weighted by Crippen LogP contribution is -2.03. The molecule has 4 nitrogen and oxygen atoms in total. The average Bonchev–Trinajstić information content (AvgIpc) is 1.82. The van der Waals surface area contributed by atoms with E-state index >= 15 is 0 Å². The molecule has 4 heteroatoms. The molecule has 60 valence electrons. The second-order valence-corrected chi connectivity index (χ2v) is 1.50. The van der Waals surface area contributed by atoms with Crippen LogP contribution in [-0.4, -0.2) is 17.7 Å². The van der Waals surface area contributed by atoms with Gasteiger partial charge in [0.2, 0.25) is 0 Å². The Morgan fingerprint density at radius 3 is 2.40 bits per heavy atom. The van der Waals surface area contributed by atoms with Gasteiger partial charge in [-0.1, -0.05) is 13.5 Å². The van der Waals surface area contributed by atoms with Crippen molar-refractivity contribution in [1.82, 2.24) is 5.32 Å². The van der Waals surface area contributed by atoms with E-state index in [9.17, 15) is 0 Å². The highest BCUT2D eigenvalue weighted by molar-refractivity contribution is 5.61. The topological polar surface area (TPSA) is 75.3 Å². The summed E-state index contributed by atoms with van der Waals surface area (Å²) in [5.41, 5.74) is 4.03. The highest BCUT2D eigenvalue weighted by Gasteiger charge is 1.66. The van der Waals surface area contributed by atoms with E-state index in [2.05, 4.69) is 24.6 Å². The molecule has 1 amide bonds. The molecule has 0 heterocycles. The standard InChI is InChI=1S/C5H11N.CH3NO2/c1-3-5-6-4-2;2-1(3)4/h4,6H,2-3,5H2,1H3;2H2,(H,3,4). The fourth-order valence-electron chi connectivity index (χ4n) is 0.246. The van der Waals surface area contributed by atoms with Crippen molar-refractivity contribution in [3.8, 4) is 0 Å². The molecule has 4 N–H and O–H groups in total. The van der Waals surface area contributed by atoms with Crippen LogP contribution in [-0.2, 0) is 0 Å². The van der Waals surface area contributed by atoms with Crippen LogP contribution in [0.3, 0.4) is 0 Å². The molecule has 0 unspecified atom stereocenters. The summed E-state index contributed by atoms with van der Waals surface area (Å²) in [6.45, 7) is 6.65. The second-order valence-electron chi connectivity index (χ2n) is 1.50. The Labute approximate surface area is 60.7 Å². The lowest BCUT2D eigenvalue weighted by molar-refractivity contribution is 0.205. The van der Waals surface area contributed by atoms with Crippen LogP contribution >= 0.6 is 0 Å². The Kier molecular flexibility index (Phi) is 12.4. The van der Waals surface area contributed by atoms with E-state index in [4.69, 9.17) is 9.90 Å². The monoisotopic (exact) mass is 146 g/mol. The molecule has 0 aliphatic rings. The van der Waals surface area contributed by atoms with Gasteiger partial charge in [0.25, 0.3) is 0 Å². The zero-order valence-corrected chi connectivity index (χ0v) is 6.13. The minimum Gasteiger partial charge on any atom is -0.465 e. The van der Waals surface area contributed by atoms with Crippen LogP contribution in [0.1, 0.15) is 13.3 Å². The molecule has 0 saturated heterocycles. The normalized spacial score (nSPS) is 6.90. The van der Waals surface area contributed by atoms with Crippen molar-refractivity contribution < 1.29 is 9.90 Å². The Balaban J connectivity index is 0. The Morgan fingerprint density at radius 2 is 2.30 bits per heavy atom. The van der Waals surface area contributed by atoms with E-state index in [0.717, 1.165) is 6.54 Å². The predicted molar refractivity (Wildman–Crippen MR) is 40.7 cm³/mol. The summed E-state index contributed by atoms with van der Waals surface area (Å²) in [6.07, 6.45) is 1.55. The summed E-state index contributed by atoms with van der Waals surface area (Å²) in [5.74, 6) is 0. The van der Waals surface area contributed by atoms with E-state index in [1.165, 1.54) is 6.42 Å². The Hall–Kier alpha value is -1.19. The minimum atomic E-state index is -1.33. The maximum Gasteiger partial charge on any atom is 0.402 e. The molecule has 0 spiro atoms. The van der Waals surface area contributed by atoms with Gasteiger partial charge in [-0.05, 0) is 12.6 Å². The fourth-order valence-corrected chi connectivity index (χ4v) is 0.246. The van der Waals surface area contributed by atoms with E-state index in [1.807, 2.05) is 0 Å². The van der Waals surface area contributed by atoms with Crippen molar-refractivity contribution in [2.24, 2.45) is 5.73 Å². The number of nitrogens with one attached hydrogen (secondary N) is 1. The molecule has 0 aliphatic carbocycles. The number of hydrogen-bond acceptors (Lipinski definition) is 2. The number of hydrogen-bond donors (Lipinski definition) is 3. The molecule has 0 fully saturated rings. The molecule has 0 aromatic carbocycles. The van der Waals surface area contributed by atoms with Crippen LogP contribution < -0.4 is 11.1 Å². The van der Waals surface area contributed by atoms with E-state index < -0.39 is 6.09 Å². The van der Waals surface area contributed by atoms with Gasteiger partial charge in [0.15, 0.2) is 0 Å². The molecule has 0 atom stereocenters. The van der Waals surface area contributed by atoms with Crippen molar-refractivity contribution in [1.29, 1.82) is 0 Å². The summed E-state index contributed by atoms with van der Waals surface area (Å²) in [5, 5.41) is 10.2. The summed E-state index contributed by atoms with van der Waals surface area (Å²) >= 11 is 0. The molecule has 10 heavy (non-hydrogen) atoms. The van der Waals surface area contributed by atoms with Gasteiger partial charge < -0.3 is 16.2 Å². The summed E-state index contributed by atoms with van der Waals surface area (Å²) in [7, 11) is 0. The first-order valence-corrected chi connectivity index (χ1v) is 2.97. The van der Waals surface area contributed by atoms with Crippen LogP contribution in [0.25, 0.3) is 0 Å². The van der Waals surface area contributed by atoms with Gasteiger partial charge in [0, 0.05) is 6.54 Å². The van der Waals surface area contributed by atoms with E-state index in [-0.39, 0.29) is 0 Å². The summed E-state index contributed by atoms with van der Waals surface area (Å²) < 4.78 is 0. The van der Waals surface area contributed by atoms with Crippen molar-refractivity contribution in [2.45, 2.75) is 13.3 Å². The molecule has 0 saturated carbocycles. The predicted octanol–water partition coefficient (Wildman–Crippen LogP) is 0.753. The highest BCUT2D eigenvalue weighted by Crippen LogP contribution is 1.65. The van der Waals surface area contributed by atoms with E-state index in [1.54, 1.807) is 6.20 Å². The van der Waals surface area contributed by atoms with E-state index in [0.29, 0.717) is 0 Å². The van der Waals surface area contributed by atoms with Crippen molar-refractivity contribution in [2.75, 3.05) is 6.54 Å². The lowest BCUT2D eigenvalue weighted by atomic mass is 10.5. The Morgan fingerprint density at radius 1 is 1.90 bits per heavy atom. The van der Waals surface area contributed by atoms with Crippen molar-refractivity contribution in [3.05, 3.63) is 12.8 Å². The van der Waals surface area contributed by atoms with Gasteiger partial charge in [-0.2, -0.15) is 0 Å². The highest BCUT2D eigenvalue weighted by atomic mass is 16.4. The third kappa shape index (κ3) is 70.2. The van der Waals surface area contributed by atoms with Crippen LogP contribution in [0.5, 0.6) is 0 Å². The number of primary amides is 1. The summed E-state index contributed by atoms with van der Waals surface area (Å²) in [6, 6.07) is 0. The average molecular weight is 146 g/mol. The largest absolute Gasteiger partial charge is 0.465 e. The molecule has 0 aromatic rings. The number of carboxylic acid groups (broad SMARTS) is 1. The number of rotatable bonds is 3. The molecule has 0 aliphatic heterocycles. The van der Waals surface area contributed by atoms with Gasteiger partial charge in [-0.25, -0.2) is 4.79 Å². The minimum absolute atomic E-state index is 1.05.